The molecule has 0 unspecified atom stereocenters. The molecule has 0 saturated carbocycles. The van der Waals surface area contributed by atoms with E-state index in [1.54, 1.807) is 6.07 Å². The van der Waals surface area contributed by atoms with Crippen LogP contribution in [0.5, 0.6) is 0 Å². The van der Waals surface area contributed by atoms with Gasteiger partial charge >= 0.3 is 0 Å². The monoisotopic (exact) mass is 419 g/mol. The van der Waals surface area contributed by atoms with Crippen LogP contribution in [-0.2, 0) is 11.2 Å². The highest BCUT2D eigenvalue weighted by Gasteiger charge is 2.12. The lowest BCUT2D eigenvalue weighted by Gasteiger charge is -1.99. The number of nitrogens with zero attached hydrogens (tertiary/aromatic N) is 2. The van der Waals surface area contributed by atoms with Crippen molar-refractivity contribution in [3.05, 3.63) is 63.6 Å². The number of thiazole rings is 2. The molecule has 26 heavy (non-hydrogen) atoms. The highest BCUT2D eigenvalue weighted by Crippen LogP contribution is 2.29. The third-order valence-corrected chi connectivity index (χ3v) is 5.91. The standard InChI is InChI=1S/C18H11Cl2N3OS2/c19-11-3-1-2-10(6-11)17-21-13(9-25-17)8-16(24)23-18-22-14-5-4-12(20)7-15(14)26-18/h1-7,9H,8H2,(H,22,23,24). The van der Waals surface area contributed by atoms with E-state index in [4.69, 9.17) is 23.2 Å². The smallest absolute Gasteiger partial charge is 0.232 e. The van der Waals surface area contributed by atoms with Gasteiger partial charge in [0.25, 0.3) is 0 Å². The van der Waals surface area contributed by atoms with Crippen molar-refractivity contribution in [2.75, 3.05) is 5.32 Å². The maximum atomic E-state index is 12.3. The highest BCUT2D eigenvalue weighted by atomic mass is 35.5. The molecule has 4 rings (SSSR count). The summed E-state index contributed by atoms with van der Waals surface area (Å²) in [6, 6.07) is 13.0. The zero-order valence-electron chi connectivity index (χ0n) is 13.2. The fraction of sp³-hybridized carbons (Fsp3) is 0.0556. The number of rotatable bonds is 4. The number of halogens is 2. The molecule has 0 aliphatic carbocycles. The number of carbonyl (C=O) groups excluding carboxylic acids is 1. The van der Waals surface area contributed by atoms with Gasteiger partial charge in [0, 0.05) is 21.0 Å². The Hall–Kier alpha value is -1.99. The molecule has 1 amide bonds. The molecule has 0 atom stereocenters. The van der Waals surface area contributed by atoms with E-state index in [1.165, 1.54) is 22.7 Å². The second-order valence-corrected chi connectivity index (χ2v) is 8.27. The molecule has 0 bridgehead atoms. The van der Waals surface area contributed by atoms with Crippen LogP contribution in [0.2, 0.25) is 10.0 Å². The van der Waals surface area contributed by atoms with E-state index in [9.17, 15) is 4.79 Å². The zero-order valence-corrected chi connectivity index (χ0v) is 16.3. The molecule has 2 aromatic carbocycles. The van der Waals surface area contributed by atoms with E-state index in [2.05, 4.69) is 15.3 Å². The van der Waals surface area contributed by atoms with Crippen molar-refractivity contribution in [3.8, 4) is 10.6 Å². The van der Waals surface area contributed by atoms with Crippen LogP contribution in [0, 0.1) is 0 Å². The van der Waals surface area contributed by atoms with E-state index >= 15 is 0 Å². The Balaban J connectivity index is 1.46. The number of benzene rings is 2. The minimum atomic E-state index is -0.155. The van der Waals surface area contributed by atoms with Gasteiger partial charge in [-0.25, -0.2) is 9.97 Å². The Kier molecular flexibility index (Phi) is 4.91. The Morgan fingerprint density at radius 2 is 1.92 bits per heavy atom. The number of hydrogen-bond acceptors (Lipinski definition) is 5. The van der Waals surface area contributed by atoms with Crippen LogP contribution in [0.15, 0.2) is 47.8 Å². The summed E-state index contributed by atoms with van der Waals surface area (Å²) in [4.78, 5) is 21.2. The van der Waals surface area contributed by atoms with Gasteiger partial charge in [-0.3, -0.25) is 4.79 Å². The molecule has 0 aliphatic rings. The predicted molar refractivity (Wildman–Crippen MR) is 110 cm³/mol. The maximum Gasteiger partial charge on any atom is 0.232 e. The van der Waals surface area contributed by atoms with Gasteiger partial charge in [0.15, 0.2) is 5.13 Å². The van der Waals surface area contributed by atoms with Gasteiger partial charge in [0.05, 0.1) is 22.3 Å². The molecule has 4 nitrogen and oxygen atoms in total. The summed E-state index contributed by atoms with van der Waals surface area (Å²) >= 11 is 14.9. The summed E-state index contributed by atoms with van der Waals surface area (Å²) in [5.74, 6) is -0.155. The lowest BCUT2D eigenvalue weighted by atomic mass is 10.2. The Morgan fingerprint density at radius 3 is 2.77 bits per heavy atom. The van der Waals surface area contributed by atoms with Crippen LogP contribution in [0.3, 0.4) is 0 Å². The summed E-state index contributed by atoms with van der Waals surface area (Å²) < 4.78 is 0.935. The van der Waals surface area contributed by atoms with Gasteiger partial charge in [-0.15, -0.1) is 11.3 Å². The van der Waals surface area contributed by atoms with Crippen molar-refractivity contribution in [2.45, 2.75) is 6.42 Å². The van der Waals surface area contributed by atoms with Gasteiger partial charge in [-0.05, 0) is 30.3 Å². The average Bonchev–Trinajstić information content (AvgIpc) is 3.20. The quantitative estimate of drug-likeness (QED) is 0.447. The van der Waals surface area contributed by atoms with Crippen LogP contribution < -0.4 is 5.32 Å². The first kappa shape index (κ1) is 17.4. The number of aromatic nitrogens is 2. The van der Waals surface area contributed by atoms with E-state index in [1.807, 2.05) is 41.8 Å². The van der Waals surface area contributed by atoms with Gasteiger partial charge in [-0.1, -0.05) is 46.7 Å². The number of anilines is 1. The molecule has 0 radical (unpaired) electrons. The minimum Gasteiger partial charge on any atom is -0.302 e. The molecule has 8 heteroatoms. The van der Waals surface area contributed by atoms with Gasteiger partial charge in [0.2, 0.25) is 5.91 Å². The summed E-state index contributed by atoms with van der Waals surface area (Å²) in [6.45, 7) is 0. The lowest BCUT2D eigenvalue weighted by Crippen LogP contribution is -2.14. The number of hydrogen-bond donors (Lipinski definition) is 1. The number of carbonyl (C=O) groups is 1. The number of amides is 1. The number of fused-ring (bicyclic) bond motifs is 1. The molecule has 0 spiro atoms. The number of nitrogens with one attached hydrogen (secondary N) is 1. The molecular weight excluding hydrogens is 409 g/mol. The lowest BCUT2D eigenvalue weighted by molar-refractivity contribution is -0.115. The van der Waals surface area contributed by atoms with Crippen molar-refractivity contribution in [2.24, 2.45) is 0 Å². The summed E-state index contributed by atoms with van der Waals surface area (Å²) in [7, 11) is 0. The van der Waals surface area contributed by atoms with Crippen LogP contribution in [0.25, 0.3) is 20.8 Å². The first-order valence-corrected chi connectivity index (χ1v) is 10.1. The summed E-state index contributed by atoms with van der Waals surface area (Å²) in [5, 5.41) is 7.41. The highest BCUT2D eigenvalue weighted by molar-refractivity contribution is 7.22. The maximum absolute atomic E-state index is 12.3. The first-order chi connectivity index (χ1) is 12.6. The Bertz CT molecular complexity index is 1110. The van der Waals surface area contributed by atoms with Crippen LogP contribution in [0.4, 0.5) is 5.13 Å². The van der Waals surface area contributed by atoms with Gasteiger partial charge in [0.1, 0.15) is 5.01 Å². The fourth-order valence-electron chi connectivity index (χ4n) is 2.42. The van der Waals surface area contributed by atoms with Crippen LogP contribution in [-0.4, -0.2) is 15.9 Å². The van der Waals surface area contributed by atoms with Crippen LogP contribution >= 0.6 is 45.9 Å². The summed E-state index contributed by atoms with van der Waals surface area (Å²) in [6.07, 6.45) is 0.188. The fourth-order valence-corrected chi connectivity index (χ4v) is 4.59. The third-order valence-electron chi connectivity index (χ3n) is 3.56. The Labute approximate surface area is 167 Å². The van der Waals surface area contributed by atoms with Crippen molar-refractivity contribution >= 4 is 67.1 Å². The Morgan fingerprint density at radius 1 is 1.08 bits per heavy atom. The van der Waals surface area contributed by atoms with Crippen molar-refractivity contribution in [1.29, 1.82) is 0 Å². The van der Waals surface area contributed by atoms with Crippen molar-refractivity contribution < 1.29 is 4.79 Å². The van der Waals surface area contributed by atoms with E-state index in [-0.39, 0.29) is 12.3 Å². The van der Waals surface area contributed by atoms with Crippen molar-refractivity contribution in [1.82, 2.24) is 9.97 Å². The summed E-state index contributed by atoms with van der Waals surface area (Å²) in [5.41, 5.74) is 2.47. The third kappa shape index (κ3) is 3.88. The molecular formula is C18H11Cl2N3OS2. The average molecular weight is 420 g/mol. The predicted octanol–water partition coefficient (Wildman–Crippen LogP) is 5.91. The SMILES string of the molecule is O=C(Cc1csc(-c2cccc(Cl)c2)n1)Nc1nc2ccc(Cl)cc2s1. The topological polar surface area (TPSA) is 54.9 Å². The molecule has 0 aliphatic heterocycles. The van der Waals surface area contributed by atoms with Crippen molar-refractivity contribution in [3.63, 3.8) is 0 Å². The molecule has 1 N–H and O–H groups in total. The molecule has 2 aromatic heterocycles. The molecule has 2 heterocycles. The second kappa shape index (κ2) is 7.32. The van der Waals surface area contributed by atoms with Gasteiger partial charge < -0.3 is 5.32 Å². The van der Waals surface area contributed by atoms with E-state index in [0.29, 0.717) is 20.9 Å². The second-order valence-electron chi connectivity index (χ2n) is 5.51. The first-order valence-electron chi connectivity index (χ1n) is 7.63. The van der Waals surface area contributed by atoms with Gasteiger partial charge in [-0.2, -0.15) is 0 Å². The molecule has 0 saturated heterocycles. The van der Waals surface area contributed by atoms with E-state index in [0.717, 1.165) is 20.8 Å². The van der Waals surface area contributed by atoms with E-state index < -0.39 is 0 Å². The normalized spacial score (nSPS) is 11.0. The molecule has 0 fully saturated rings. The molecule has 4 aromatic rings. The zero-order chi connectivity index (χ0) is 18.1. The largest absolute Gasteiger partial charge is 0.302 e. The molecule has 130 valence electrons. The van der Waals surface area contributed by atoms with Crippen LogP contribution in [0.1, 0.15) is 5.69 Å². The minimum absolute atomic E-state index is 0.155.